The van der Waals surface area contributed by atoms with Gasteiger partial charge in [0.2, 0.25) is 0 Å². The summed E-state index contributed by atoms with van der Waals surface area (Å²) in [6.45, 7) is 0.0847. The van der Waals surface area contributed by atoms with Crippen LogP contribution >= 0.6 is 0 Å². The lowest BCUT2D eigenvalue weighted by Gasteiger charge is -2.13. The minimum absolute atomic E-state index is 0.0847. The second kappa shape index (κ2) is 6.97. The van der Waals surface area contributed by atoms with Crippen LogP contribution in [0.4, 0.5) is 5.82 Å². The molecule has 3 aromatic rings. The number of fused-ring (bicyclic) bond motifs is 1. The molecule has 2 N–H and O–H groups in total. The van der Waals surface area contributed by atoms with E-state index < -0.39 is 17.9 Å². The summed E-state index contributed by atoms with van der Waals surface area (Å²) in [6.07, 6.45) is 0.775. The van der Waals surface area contributed by atoms with Gasteiger partial charge in [0.25, 0.3) is 0 Å². The lowest BCUT2D eigenvalue weighted by Crippen LogP contribution is -2.38. The molecule has 8 heteroatoms. The minimum Gasteiger partial charge on any atom is -0.458 e. The molecule has 0 saturated heterocycles. The quantitative estimate of drug-likeness (QED) is 0.692. The third kappa shape index (κ3) is 3.44. The normalized spacial score (nSPS) is 12.0. The highest BCUT2D eigenvalue weighted by molar-refractivity contribution is 6.39. The van der Waals surface area contributed by atoms with Crippen molar-refractivity contribution in [1.29, 1.82) is 0 Å². The molecule has 1 atom stereocenters. The lowest BCUT2D eigenvalue weighted by molar-refractivity contribution is -0.136. The number of hydrogen-bond acceptors (Lipinski definition) is 6. The first-order valence-corrected chi connectivity index (χ1v) is 7.18. The summed E-state index contributed by atoms with van der Waals surface area (Å²) in [5.74, 6) is -0.925. The molecule has 0 bridgehead atoms. The van der Waals surface area contributed by atoms with Crippen molar-refractivity contribution in [1.82, 2.24) is 10.5 Å². The van der Waals surface area contributed by atoms with Crippen molar-refractivity contribution in [2.45, 2.75) is 6.10 Å². The van der Waals surface area contributed by atoms with Crippen molar-refractivity contribution in [3.05, 3.63) is 48.4 Å². The summed E-state index contributed by atoms with van der Waals surface area (Å²) in [6, 6.07) is 10.8. The molecular weight excluding hydrogens is 314 g/mol. The van der Waals surface area contributed by atoms with E-state index in [1.807, 2.05) is 30.3 Å². The number of para-hydroxylation sites is 1. The topological polar surface area (TPSA) is 107 Å². The Balaban J connectivity index is 1.61. The summed E-state index contributed by atoms with van der Waals surface area (Å²) in [5, 5.41) is 9.23. The molecule has 1 unspecified atom stereocenters. The third-order valence-corrected chi connectivity index (χ3v) is 3.38. The average molecular weight is 329 g/mol. The number of nitrogens with one attached hydrogen (secondary N) is 2. The van der Waals surface area contributed by atoms with Crippen molar-refractivity contribution in [3.63, 3.8) is 0 Å². The Labute approximate surface area is 136 Å². The molecule has 2 amide bonds. The molecule has 8 nitrogen and oxygen atoms in total. The largest absolute Gasteiger partial charge is 0.458 e. The molecule has 0 saturated carbocycles. The Bertz CT molecular complexity index is 807. The van der Waals surface area contributed by atoms with E-state index in [0.29, 0.717) is 5.76 Å². The molecular formula is C16H15N3O5. The number of nitrogens with zero attached hydrogens (tertiary/aromatic N) is 1. The van der Waals surface area contributed by atoms with Gasteiger partial charge in [-0.1, -0.05) is 23.4 Å². The maximum Gasteiger partial charge on any atom is 0.314 e. The number of amides is 2. The van der Waals surface area contributed by atoms with Gasteiger partial charge in [0.1, 0.15) is 23.7 Å². The molecule has 2 aromatic heterocycles. The first kappa shape index (κ1) is 15.8. The number of anilines is 1. The van der Waals surface area contributed by atoms with E-state index in [4.69, 9.17) is 9.15 Å². The molecule has 1 aromatic carbocycles. The predicted molar refractivity (Wildman–Crippen MR) is 84.1 cm³/mol. The molecule has 0 radical (unpaired) electrons. The highest BCUT2D eigenvalue weighted by Crippen LogP contribution is 2.25. The highest BCUT2D eigenvalue weighted by Gasteiger charge is 2.20. The van der Waals surface area contributed by atoms with Gasteiger partial charge in [0.15, 0.2) is 5.82 Å². The SMILES string of the molecule is COC(CNC(=O)C(=O)Nc1ccon1)c1cc2ccccc2o1. The number of hydrogen-bond donors (Lipinski definition) is 2. The van der Waals surface area contributed by atoms with Crippen LogP contribution in [-0.2, 0) is 14.3 Å². The predicted octanol–water partition coefficient (Wildman–Crippen LogP) is 1.86. The monoisotopic (exact) mass is 329 g/mol. The third-order valence-electron chi connectivity index (χ3n) is 3.38. The number of furan rings is 1. The van der Waals surface area contributed by atoms with Gasteiger partial charge in [-0.25, -0.2) is 0 Å². The number of carbonyl (C=O) groups is 2. The molecule has 0 aliphatic carbocycles. The fourth-order valence-corrected chi connectivity index (χ4v) is 2.18. The second-order valence-corrected chi connectivity index (χ2v) is 4.96. The van der Waals surface area contributed by atoms with Gasteiger partial charge in [-0.2, -0.15) is 0 Å². The fraction of sp³-hybridized carbons (Fsp3) is 0.188. The van der Waals surface area contributed by atoms with Gasteiger partial charge in [0, 0.05) is 18.6 Å². The Morgan fingerprint density at radius 3 is 2.79 bits per heavy atom. The van der Waals surface area contributed by atoms with E-state index in [9.17, 15) is 9.59 Å². The van der Waals surface area contributed by atoms with Gasteiger partial charge in [-0.05, 0) is 12.1 Å². The molecule has 124 valence electrons. The fourth-order valence-electron chi connectivity index (χ4n) is 2.18. The van der Waals surface area contributed by atoms with E-state index in [0.717, 1.165) is 11.0 Å². The van der Waals surface area contributed by atoms with Crippen molar-refractivity contribution in [3.8, 4) is 0 Å². The number of aromatic nitrogens is 1. The van der Waals surface area contributed by atoms with E-state index in [1.165, 1.54) is 19.4 Å². The number of carbonyl (C=O) groups excluding carboxylic acids is 2. The summed E-state index contributed by atoms with van der Waals surface area (Å²) in [7, 11) is 1.50. The smallest absolute Gasteiger partial charge is 0.314 e. The van der Waals surface area contributed by atoms with E-state index >= 15 is 0 Å². The van der Waals surface area contributed by atoms with Gasteiger partial charge in [-0.3, -0.25) is 14.9 Å². The summed E-state index contributed by atoms with van der Waals surface area (Å²) in [4.78, 5) is 23.5. The van der Waals surface area contributed by atoms with Gasteiger partial charge >= 0.3 is 11.8 Å². The molecule has 0 fully saturated rings. The van der Waals surface area contributed by atoms with Gasteiger partial charge in [0.05, 0.1) is 6.54 Å². The minimum atomic E-state index is -0.844. The van der Waals surface area contributed by atoms with Crippen molar-refractivity contribution < 1.29 is 23.3 Å². The van der Waals surface area contributed by atoms with Crippen LogP contribution < -0.4 is 10.6 Å². The summed E-state index contributed by atoms with van der Waals surface area (Å²) >= 11 is 0. The number of rotatable bonds is 5. The Kier molecular flexibility index (Phi) is 4.57. The number of methoxy groups -OCH3 is 1. The Morgan fingerprint density at radius 1 is 1.25 bits per heavy atom. The molecule has 2 heterocycles. The lowest BCUT2D eigenvalue weighted by atomic mass is 10.2. The highest BCUT2D eigenvalue weighted by atomic mass is 16.5. The number of benzene rings is 1. The zero-order valence-electron chi connectivity index (χ0n) is 12.8. The van der Waals surface area contributed by atoms with Crippen LogP contribution in [0.2, 0.25) is 0 Å². The maximum atomic E-state index is 11.8. The number of ether oxygens (including phenoxy) is 1. The van der Waals surface area contributed by atoms with Gasteiger partial charge < -0.3 is 19.0 Å². The molecule has 0 aliphatic rings. The van der Waals surface area contributed by atoms with Crippen molar-refractivity contribution in [2.75, 3.05) is 19.0 Å². The summed E-state index contributed by atoms with van der Waals surface area (Å²) in [5.41, 5.74) is 0.727. The van der Waals surface area contributed by atoms with Crippen molar-refractivity contribution >= 4 is 28.6 Å². The summed E-state index contributed by atoms with van der Waals surface area (Å²) < 4.78 is 15.6. The van der Waals surface area contributed by atoms with Crippen LogP contribution in [0.5, 0.6) is 0 Å². The first-order valence-electron chi connectivity index (χ1n) is 7.18. The average Bonchev–Trinajstić information content (AvgIpc) is 3.24. The first-order chi connectivity index (χ1) is 11.7. The zero-order valence-corrected chi connectivity index (χ0v) is 12.8. The Morgan fingerprint density at radius 2 is 2.08 bits per heavy atom. The van der Waals surface area contributed by atoms with E-state index in [2.05, 4.69) is 20.3 Å². The Hall–Kier alpha value is -3.13. The molecule has 0 spiro atoms. The molecule has 24 heavy (non-hydrogen) atoms. The van der Waals surface area contributed by atoms with Crippen LogP contribution in [0.25, 0.3) is 11.0 Å². The van der Waals surface area contributed by atoms with Gasteiger partial charge in [-0.15, -0.1) is 0 Å². The standard InChI is InChI=1S/C16H15N3O5/c1-22-13(12-8-10-4-2-3-5-11(10)24-12)9-17-15(20)16(21)18-14-6-7-23-19-14/h2-8,13H,9H2,1H3,(H,17,20)(H,18,19,21). The van der Waals surface area contributed by atoms with E-state index in [1.54, 1.807) is 0 Å². The second-order valence-electron chi connectivity index (χ2n) is 4.96. The maximum absolute atomic E-state index is 11.8. The molecule has 0 aliphatic heterocycles. The van der Waals surface area contributed by atoms with Crippen LogP contribution in [0.3, 0.4) is 0 Å². The van der Waals surface area contributed by atoms with Crippen LogP contribution in [0.15, 0.2) is 51.6 Å². The van der Waals surface area contributed by atoms with E-state index in [-0.39, 0.29) is 12.4 Å². The van der Waals surface area contributed by atoms with Crippen molar-refractivity contribution in [2.24, 2.45) is 0 Å². The zero-order chi connectivity index (χ0) is 16.9. The van der Waals surface area contributed by atoms with Crippen LogP contribution in [-0.4, -0.2) is 30.6 Å². The van der Waals surface area contributed by atoms with Crippen LogP contribution in [0.1, 0.15) is 11.9 Å². The molecule has 3 rings (SSSR count). The van der Waals surface area contributed by atoms with Crippen LogP contribution in [0, 0.1) is 0 Å².